The van der Waals surface area contributed by atoms with Crippen molar-refractivity contribution < 1.29 is 21.6 Å². The van der Waals surface area contributed by atoms with E-state index in [0.29, 0.717) is 17.8 Å². The van der Waals surface area contributed by atoms with Crippen molar-refractivity contribution in [3.63, 3.8) is 0 Å². The van der Waals surface area contributed by atoms with Gasteiger partial charge in [0.05, 0.1) is 17.6 Å². The summed E-state index contributed by atoms with van der Waals surface area (Å²) in [7, 11) is -3.36. The SMILES string of the molecule is CC1Cc2cc(-c3csc(NCC(F)(F)F)n3)ccc2N1S(C)(=O)=O. The van der Waals surface area contributed by atoms with Crippen LogP contribution in [0.4, 0.5) is 24.0 Å². The third-order valence-corrected chi connectivity index (χ3v) is 5.90. The Labute approximate surface area is 147 Å². The Bertz CT molecular complexity index is 894. The Hall–Kier alpha value is -1.81. The van der Waals surface area contributed by atoms with Gasteiger partial charge in [-0.05, 0) is 31.0 Å². The minimum Gasteiger partial charge on any atom is -0.352 e. The molecule has 5 nitrogen and oxygen atoms in total. The van der Waals surface area contributed by atoms with Crippen LogP contribution in [0.5, 0.6) is 0 Å². The highest BCUT2D eigenvalue weighted by atomic mass is 32.2. The van der Waals surface area contributed by atoms with E-state index in [1.54, 1.807) is 17.5 Å². The van der Waals surface area contributed by atoms with Crippen molar-refractivity contribution in [2.75, 3.05) is 22.4 Å². The summed E-state index contributed by atoms with van der Waals surface area (Å²) in [6, 6.07) is 5.13. The number of aromatic nitrogens is 1. The van der Waals surface area contributed by atoms with Crippen LogP contribution in [-0.2, 0) is 16.4 Å². The van der Waals surface area contributed by atoms with Crippen molar-refractivity contribution in [1.29, 1.82) is 0 Å². The Morgan fingerprint density at radius 3 is 2.76 bits per heavy atom. The maximum absolute atomic E-state index is 12.3. The number of anilines is 2. The van der Waals surface area contributed by atoms with Crippen LogP contribution in [0.2, 0.25) is 0 Å². The van der Waals surface area contributed by atoms with Crippen LogP contribution in [0.3, 0.4) is 0 Å². The monoisotopic (exact) mass is 391 g/mol. The topological polar surface area (TPSA) is 62.3 Å². The standard InChI is InChI=1S/C15H16F3N3O2S2/c1-9-5-11-6-10(3-4-13(11)21(9)25(2,22)23)12-7-24-14(20-12)19-8-15(16,17)18/h3-4,6-7,9H,5,8H2,1-2H3,(H,19,20). The molecule has 0 radical (unpaired) electrons. The van der Waals surface area contributed by atoms with E-state index < -0.39 is 22.7 Å². The van der Waals surface area contributed by atoms with E-state index in [-0.39, 0.29) is 11.2 Å². The van der Waals surface area contributed by atoms with Crippen molar-refractivity contribution in [2.24, 2.45) is 0 Å². The van der Waals surface area contributed by atoms with E-state index in [1.165, 1.54) is 10.6 Å². The summed E-state index contributed by atoms with van der Waals surface area (Å²) in [5.41, 5.74) is 2.83. The second kappa shape index (κ2) is 6.17. The van der Waals surface area contributed by atoms with Crippen LogP contribution in [0.1, 0.15) is 12.5 Å². The average molecular weight is 391 g/mol. The minimum atomic E-state index is -4.30. The number of alkyl halides is 3. The van der Waals surface area contributed by atoms with Crippen LogP contribution in [0.25, 0.3) is 11.3 Å². The number of nitrogens with zero attached hydrogens (tertiary/aromatic N) is 2. The fraction of sp³-hybridized carbons (Fsp3) is 0.400. The molecule has 0 amide bonds. The van der Waals surface area contributed by atoms with Crippen LogP contribution < -0.4 is 9.62 Å². The van der Waals surface area contributed by atoms with Gasteiger partial charge in [0.25, 0.3) is 0 Å². The first kappa shape index (κ1) is 18.0. The normalized spacial score (nSPS) is 17.6. The van der Waals surface area contributed by atoms with Crippen molar-refractivity contribution in [3.05, 3.63) is 29.1 Å². The van der Waals surface area contributed by atoms with E-state index in [4.69, 9.17) is 0 Å². The van der Waals surface area contributed by atoms with E-state index in [0.717, 1.165) is 22.5 Å². The lowest BCUT2D eigenvalue weighted by molar-refractivity contribution is -0.115. The zero-order valence-electron chi connectivity index (χ0n) is 13.5. The van der Waals surface area contributed by atoms with Gasteiger partial charge in [-0.25, -0.2) is 13.4 Å². The predicted octanol–water partition coefficient (Wildman–Crippen LogP) is 3.49. The van der Waals surface area contributed by atoms with Crippen LogP contribution in [0, 0.1) is 0 Å². The highest BCUT2D eigenvalue weighted by Crippen LogP contribution is 2.37. The summed E-state index contributed by atoms with van der Waals surface area (Å²) >= 11 is 1.10. The second-order valence-electron chi connectivity index (χ2n) is 5.96. The lowest BCUT2D eigenvalue weighted by Crippen LogP contribution is -2.34. The molecule has 1 aliphatic rings. The Balaban J connectivity index is 1.85. The molecule has 1 aliphatic heterocycles. The molecule has 136 valence electrons. The molecule has 0 saturated heterocycles. The van der Waals surface area contributed by atoms with Crippen LogP contribution in [0.15, 0.2) is 23.6 Å². The number of benzene rings is 1. The molecule has 2 aromatic rings. The van der Waals surface area contributed by atoms with Gasteiger partial charge in [0.15, 0.2) is 5.13 Å². The minimum absolute atomic E-state index is 0.167. The van der Waals surface area contributed by atoms with Crippen molar-refractivity contribution in [2.45, 2.75) is 25.6 Å². The molecule has 25 heavy (non-hydrogen) atoms. The predicted molar refractivity (Wildman–Crippen MR) is 92.6 cm³/mol. The maximum atomic E-state index is 12.3. The van der Waals surface area contributed by atoms with E-state index in [9.17, 15) is 21.6 Å². The van der Waals surface area contributed by atoms with Gasteiger partial charge in [-0.3, -0.25) is 4.31 Å². The summed E-state index contributed by atoms with van der Waals surface area (Å²) < 4.78 is 62.0. The lowest BCUT2D eigenvalue weighted by Gasteiger charge is -2.21. The second-order valence-corrected chi connectivity index (χ2v) is 8.68. The quantitative estimate of drug-likeness (QED) is 0.867. The summed E-state index contributed by atoms with van der Waals surface area (Å²) in [5, 5.41) is 4.12. The third kappa shape index (κ3) is 3.90. The molecular formula is C15H16F3N3O2S2. The first-order chi connectivity index (χ1) is 11.5. The highest BCUT2D eigenvalue weighted by molar-refractivity contribution is 7.92. The van der Waals surface area contributed by atoms with Gasteiger partial charge in [0.1, 0.15) is 6.54 Å². The maximum Gasteiger partial charge on any atom is 0.405 e. The third-order valence-electron chi connectivity index (χ3n) is 3.83. The number of hydrogen-bond donors (Lipinski definition) is 1. The average Bonchev–Trinajstić information content (AvgIpc) is 3.05. The van der Waals surface area contributed by atoms with Gasteiger partial charge in [-0.2, -0.15) is 13.2 Å². The molecule has 1 aromatic carbocycles. The number of fused-ring (bicyclic) bond motifs is 1. The molecular weight excluding hydrogens is 375 g/mol. The molecule has 0 aliphatic carbocycles. The molecule has 1 atom stereocenters. The molecule has 1 unspecified atom stereocenters. The molecule has 2 heterocycles. The fourth-order valence-corrected chi connectivity index (χ4v) is 4.91. The molecule has 0 saturated carbocycles. The first-order valence-electron chi connectivity index (χ1n) is 7.43. The van der Waals surface area contributed by atoms with E-state index in [1.807, 2.05) is 13.0 Å². The molecule has 0 bridgehead atoms. The van der Waals surface area contributed by atoms with Gasteiger partial charge >= 0.3 is 6.18 Å². The van der Waals surface area contributed by atoms with Crippen LogP contribution >= 0.6 is 11.3 Å². The highest BCUT2D eigenvalue weighted by Gasteiger charge is 2.32. The zero-order valence-corrected chi connectivity index (χ0v) is 15.1. The van der Waals surface area contributed by atoms with Crippen molar-refractivity contribution in [1.82, 2.24) is 4.98 Å². The van der Waals surface area contributed by atoms with Gasteiger partial charge in [-0.1, -0.05) is 6.07 Å². The van der Waals surface area contributed by atoms with Gasteiger partial charge in [0.2, 0.25) is 10.0 Å². The summed E-state index contributed by atoms with van der Waals surface area (Å²) in [5.74, 6) is 0. The Morgan fingerprint density at radius 2 is 2.12 bits per heavy atom. The smallest absolute Gasteiger partial charge is 0.352 e. The molecule has 1 N–H and O–H groups in total. The fourth-order valence-electron chi connectivity index (χ4n) is 2.93. The molecule has 0 fully saturated rings. The molecule has 0 spiro atoms. The van der Waals surface area contributed by atoms with Gasteiger partial charge in [-0.15, -0.1) is 11.3 Å². The number of halogens is 3. The van der Waals surface area contributed by atoms with Gasteiger partial charge < -0.3 is 5.32 Å². The van der Waals surface area contributed by atoms with E-state index >= 15 is 0 Å². The zero-order chi connectivity index (χ0) is 18.4. The number of hydrogen-bond acceptors (Lipinski definition) is 5. The Morgan fingerprint density at radius 1 is 1.40 bits per heavy atom. The molecule has 3 rings (SSSR count). The van der Waals surface area contributed by atoms with Crippen molar-refractivity contribution >= 4 is 32.2 Å². The first-order valence-corrected chi connectivity index (χ1v) is 10.2. The number of rotatable bonds is 4. The number of sulfonamides is 1. The molecule has 10 heteroatoms. The van der Waals surface area contributed by atoms with Crippen LogP contribution in [-0.4, -0.2) is 38.4 Å². The Kier molecular flexibility index (Phi) is 4.44. The number of thiazole rings is 1. The summed E-state index contributed by atoms with van der Waals surface area (Å²) in [4.78, 5) is 4.17. The summed E-state index contributed by atoms with van der Waals surface area (Å²) in [6.07, 6.45) is -2.55. The van der Waals surface area contributed by atoms with Crippen molar-refractivity contribution in [3.8, 4) is 11.3 Å². The van der Waals surface area contributed by atoms with Gasteiger partial charge in [0, 0.05) is 17.0 Å². The largest absolute Gasteiger partial charge is 0.405 e. The number of nitrogens with one attached hydrogen (secondary N) is 1. The van der Waals surface area contributed by atoms with E-state index in [2.05, 4.69) is 10.3 Å². The lowest BCUT2D eigenvalue weighted by atomic mass is 10.1. The molecule has 1 aromatic heterocycles. The summed E-state index contributed by atoms with van der Waals surface area (Å²) in [6.45, 7) is 0.702.